The number of nitrogens with zero attached hydrogens (tertiary/aromatic N) is 1. The maximum atomic E-state index is 12.6. The lowest BCUT2D eigenvalue weighted by atomic mass is 9.81. The van der Waals surface area contributed by atoms with Gasteiger partial charge in [-0.2, -0.15) is 0 Å². The number of fused-ring (bicyclic) bond motifs is 3. The zero-order valence-electron chi connectivity index (χ0n) is 21.1. The average Bonchev–Trinajstić information content (AvgIpc) is 3.43. The van der Waals surface area contributed by atoms with Gasteiger partial charge in [-0.05, 0) is 50.5 Å². The molecule has 0 saturated carbocycles. The van der Waals surface area contributed by atoms with E-state index in [-0.39, 0.29) is 27.3 Å². The van der Waals surface area contributed by atoms with E-state index in [9.17, 15) is 29.4 Å². The molecule has 7 aromatic rings. The Morgan fingerprint density at radius 2 is 1.27 bits per heavy atom. The van der Waals surface area contributed by atoms with Crippen LogP contribution in [0.2, 0.25) is 0 Å². The minimum Gasteiger partial charge on any atom is -0.478 e. The number of primary amides is 2. The van der Waals surface area contributed by atoms with Gasteiger partial charge in [0.15, 0.2) is 0 Å². The fraction of sp³-hybridized carbons (Fsp3) is 0. The second-order valence-electron chi connectivity index (χ2n) is 9.38. The summed E-state index contributed by atoms with van der Waals surface area (Å²) in [6.07, 6.45) is 1.70. The molecular weight excluding hydrogens is 524 g/mol. The highest BCUT2D eigenvalue weighted by atomic mass is 16.4. The second-order valence-corrected chi connectivity index (χ2v) is 9.38. The van der Waals surface area contributed by atoms with Crippen molar-refractivity contribution in [3.05, 3.63) is 101 Å². The predicted octanol–water partition coefficient (Wildman–Crippen LogP) is 4.89. The molecule has 0 spiro atoms. The molecule has 2 amide bonds. The maximum absolute atomic E-state index is 12.6. The van der Waals surface area contributed by atoms with Crippen LogP contribution < -0.4 is 11.5 Å². The quantitative estimate of drug-likeness (QED) is 0.154. The summed E-state index contributed by atoms with van der Waals surface area (Å²) in [7, 11) is 0. The Balaban J connectivity index is 0.000000283. The van der Waals surface area contributed by atoms with Crippen molar-refractivity contribution in [2.75, 3.05) is 0 Å². The summed E-state index contributed by atoms with van der Waals surface area (Å²) in [5, 5.41) is 23.5. The first-order valence-corrected chi connectivity index (χ1v) is 12.3. The summed E-state index contributed by atoms with van der Waals surface area (Å²) in [6.45, 7) is 0. The number of carbonyl (C=O) groups is 4. The molecule has 0 radical (unpaired) electrons. The number of amides is 2. The Kier molecular flexibility index (Phi) is 5.74. The van der Waals surface area contributed by atoms with Crippen LogP contribution >= 0.6 is 0 Å². The highest BCUT2D eigenvalue weighted by molar-refractivity contribution is 6.40. The van der Waals surface area contributed by atoms with Crippen LogP contribution in [-0.2, 0) is 0 Å². The number of imidazole rings is 1. The van der Waals surface area contributed by atoms with Crippen molar-refractivity contribution in [3.8, 4) is 0 Å². The van der Waals surface area contributed by atoms with Crippen molar-refractivity contribution in [2.24, 2.45) is 11.5 Å². The van der Waals surface area contributed by atoms with Gasteiger partial charge in [0.25, 0.3) is 0 Å². The molecule has 200 valence electrons. The minimum absolute atomic E-state index is 0.178. The van der Waals surface area contributed by atoms with E-state index in [0.29, 0.717) is 10.8 Å². The second kappa shape index (κ2) is 9.31. The molecule has 41 heavy (non-hydrogen) atoms. The number of aromatic amines is 1. The standard InChI is InChI=1S/C24H14N2O6.C7H6N2/c25-21(27)18-16-12-6-2-4-9-3-1-5-10(14(9)12)11-7-8-13(23(29)30)17(15(11)16)20(24(31)32)19(18)22(26)28;1-2-4-7-6(3-1)8-5-9-7/h1-8H,(H2,25,27)(H2,26,28)(H,29,30)(H,31,32);1-5H,(H,8,9). The van der Waals surface area contributed by atoms with E-state index in [0.717, 1.165) is 27.2 Å². The molecule has 0 aliphatic heterocycles. The van der Waals surface area contributed by atoms with Gasteiger partial charge < -0.3 is 26.7 Å². The number of hydrogen-bond acceptors (Lipinski definition) is 5. The normalized spacial score (nSPS) is 11.2. The molecule has 0 atom stereocenters. The number of carbonyl (C=O) groups excluding carboxylic acids is 2. The van der Waals surface area contributed by atoms with Crippen molar-refractivity contribution in [1.82, 2.24) is 9.97 Å². The number of nitrogens with two attached hydrogens (primary N) is 2. The largest absolute Gasteiger partial charge is 0.478 e. The van der Waals surface area contributed by atoms with Crippen molar-refractivity contribution in [3.63, 3.8) is 0 Å². The molecular formula is C31H20N4O6. The Morgan fingerprint density at radius 1 is 0.610 bits per heavy atom. The molecule has 7 rings (SSSR count). The average molecular weight is 545 g/mol. The molecule has 1 heterocycles. The van der Waals surface area contributed by atoms with E-state index in [1.165, 1.54) is 6.07 Å². The van der Waals surface area contributed by atoms with E-state index in [4.69, 9.17) is 11.5 Å². The van der Waals surface area contributed by atoms with Gasteiger partial charge in [-0.3, -0.25) is 9.59 Å². The first kappa shape index (κ1) is 25.3. The predicted molar refractivity (Wildman–Crippen MR) is 155 cm³/mol. The van der Waals surface area contributed by atoms with Gasteiger partial charge in [0.2, 0.25) is 11.8 Å². The van der Waals surface area contributed by atoms with E-state index in [1.54, 1.807) is 24.5 Å². The monoisotopic (exact) mass is 544 g/mol. The Hall–Kier alpha value is -6.03. The molecule has 0 aliphatic rings. The molecule has 0 saturated heterocycles. The lowest BCUT2D eigenvalue weighted by molar-refractivity contribution is 0.0693. The number of rotatable bonds is 4. The van der Waals surface area contributed by atoms with Crippen molar-refractivity contribution in [1.29, 1.82) is 0 Å². The van der Waals surface area contributed by atoms with E-state index >= 15 is 0 Å². The number of hydrogen-bond donors (Lipinski definition) is 5. The van der Waals surface area contributed by atoms with Gasteiger partial charge >= 0.3 is 11.9 Å². The number of carboxylic acids is 2. The maximum Gasteiger partial charge on any atom is 0.337 e. The summed E-state index contributed by atoms with van der Waals surface area (Å²) < 4.78 is 0. The van der Waals surface area contributed by atoms with E-state index in [2.05, 4.69) is 9.97 Å². The highest BCUT2D eigenvalue weighted by Gasteiger charge is 2.32. The van der Waals surface area contributed by atoms with E-state index in [1.807, 2.05) is 48.5 Å². The van der Waals surface area contributed by atoms with Crippen LogP contribution in [-0.4, -0.2) is 43.9 Å². The van der Waals surface area contributed by atoms with Gasteiger partial charge in [-0.15, -0.1) is 0 Å². The first-order valence-electron chi connectivity index (χ1n) is 12.3. The van der Waals surface area contributed by atoms with Gasteiger partial charge in [-0.1, -0.05) is 54.6 Å². The lowest BCUT2D eigenvalue weighted by Crippen LogP contribution is -2.25. The summed E-state index contributed by atoms with van der Waals surface area (Å²) >= 11 is 0. The van der Waals surface area contributed by atoms with E-state index < -0.39 is 34.9 Å². The van der Waals surface area contributed by atoms with Crippen LogP contribution in [0.1, 0.15) is 41.4 Å². The van der Waals surface area contributed by atoms with Gasteiger partial charge in [-0.25, -0.2) is 14.6 Å². The molecule has 1 aromatic heterocycles. The number of aromatic carboxylic acids is 2. The Labute approximate surface area is 230 Å². The third-order valence-corrected chi connectivity index (χ3v) is 7.18. The number of para-hydroxylation sites is 2. The van der Waals surface area contributed by atoms with Crippen LogP contribution in [0.3, 0.4) is 0 Å². The number of carboxylic acid groups (broad SMARTS) is 2. The smallest absolute Gasteiger partial charge is 0.337 e. The van der Waals surface area contributed by atoms with Crippen LogP contribution in [0.4, 0.5) is 0 Å². The van der Waals surface area contributed by atoms with Gasteiger partial charge in [0, 0.05) is 10.8 Å². The molecule has 0 fully saturated rings. The Morgan fingerprint density at radius 3 is 1.90 bits per heavy atom. The Bertz CT molecular complexity index is 2200. The number of H-pyrrole nitrogens is 1. The number of aromatic nitrogens is 2. The summed E-state index contributed by atoms with van der Waals surface area (Å²) in [5.41, 5.74) is 11.4. The topological polar surface area (TPSA) is 189 Å². The lowest BCUT2D eigenvalue weighted by Gasteiger charge is -2.21. The van der Waals surface area contributed by atoms with Gasteiger partial charge in [0.1, 0.15) is 0 Å². The molecule has 10 nitrogen and oxygen atoms in total. The third-order valence-electron chi connectivity index (χ3n) is 7.18. The number of benzene rings is 6. The molecule has 0 bridgehead atoms. The zero-order chi connectivity index (χ0) is 29.0. The molecule has 10 heteroatoms. The first-order chi connectivity index (χ1) is 19.7. The van der Waals surface area contributed by atoms with Gasteiger partial charge in [0.05, 0.1) is 39.6 Å². The molecule has 0 unspecified atom stereocenters. The van der Waals surface area contributed by atoms with Crippen molar-refractivity contribution >= 4 is 77.9 Å². The minimum atomic E-state index is -1.59. The highest BCUT2D eigenvalue weighted by Crippen LogP contribution is 2.45. The van der Waals surface area contributed by atoms with Crippen LogP contribution in [0.15, 0.2) is 79.1 Å². The summed E-state index contributed by atoms with van der Waals surface area (Å²) in [6, 6.07) is 21.7. The molecule has 7 N–H and O–H groups in total. The summed E-state index contributed by atoms with van der Waals surface area (Å²) in [4.78, 5) is 56.5. The molecule has 0 aliphatic carbocycles. The van der Waals surface area contributed by atoms with Crippen LogP contribution in [0, 0.1) is 0 Å². The fourth-order valence-electron chi connectivity index (χ4n) is 5.65. The molecule has 6 aromatic carbocycles. The van der Waals surface area contributed by atoms with Crippen LogP contribution in [0.5, 0.6) is 0 Å². The SMILES string of the molecule is NC(=O)c1c(C(=O)O)c2c(C(=O)O)ccc3c4cccc5cccc(c(c1C(N)=O)c23)c54.c1ccc2[nH]cnc2c1. The third kappa shape index (κ3) is 3.77. The van der Waals surface area contributed by atoms with Crippen molar-refractivity contribution in [2.45, 2.75) is 0 Å². The zero-order valence-corrected chi connectivity index (χ0v) is 21.1. The van der Waals surface area contributed by atoms with Crippen molar-refractivity contribution < 1.29 is 29.4 Å². The fourth-order valence-corrected chi connectivity index (χ4v) is 5.65. The summed E-state index contributed by atoms with van der Waals surface area (Å²) in [5.74, 6) is -5.21. The number of nitrogens with one attached hydrogen (secondary N) is 1. The van der Waals surface area contributed by atoms with Crippen LogP contribution in [0.25, 0.3) is 54.1 Å².